The molecule has 3 fully saturated rings. The van der Waals surface area contributed by atoms with E-state index in [0.717, 1.165) is 0 Å². The molecule has 0 aromatic heterocycles. The number of likely N-dealkylation sites (tertiary alicyclic amines) is 1. The lowest BCUT2D eigenvalue weighted by Crippen LogP contribution is -2.64. The van der Waals surface area contributed by atoms with Gasteiger partial charge in [0.25, 0.3) is 0 Å². The van der Waals surface area contributed by atoms with Crippen molar-refractivity contribution in [3.05, 3.63) is 29.3 Å². The predicted octanol–water partition coefficient (Wildman–Crippen LogP) is 2.50. The number of anilines is 1. The molecule has 0 bridgehead atoms. The van der Waals surface area contributed by atoms with Gasteiger partial charge in [-0.3, -0.25) is 9.63 Å². The molecule has 1 aromatic carbocycles. The summed E-state index contributed by atoms with van der Waals surface area (Å²) in [6.07, 6.45) is 2.70. The van der Waals surface area contributed by atoms with E-state index in [4.69, 9.17) is 16.4 Å². The van der Waals surface area contributed by atoms with E-state index in [0.29, 0.717) is 42.7 Å². The Kier molecular flexibility index (Phi) is 3.46. The highest BCUT2D eigenvalue weighted by molar-refractivity contribution is 6.33. The molecule has 1 aromatic rings. The lowest BCUT2D eigenvalue weighted by molar-refractivity contribution is -0.229. The number of hydrogen-bond acceptors (Lipinski definition) is 3. The first-order chi connectivity index (χ1) is 11.0. The van der Waals surface area contributed by atoms with E-state index < -0.39 is 5.60 Å². The Morgan fingerprint density at radius 3 is 2.78 bits per heavy atom. The minimum absolute atomic E-state index is 0.0306. The SMILES string of the molecule is O=C(Nc1ccccc1Cl)N1CC2(CC(=O)N(CC3CC3)O2)C1. The first-order valence-corrected chi connectivity index (χ1v) is 8.22. The van der Waals surface area contributed by atoms with E-state index in [1.165, 1.54) is 17.9 Å². The average Bonchev–Trinajstić information content (AvgIpc) is 3.23. The van der Waals surface area contributed by atoms with Crippen molar-refractivity contribution >= 4 is 29.2 Å². The molecule has 1 N–H and O–H groups in total. The smallest absolute Gasteiger partial charge is 0.318 e. The molecule has 122 valence electrons. The zero-order valence-corrected chi connectivity index (χ0v) is 13.4. The Morgan fingerprint density at radius 1 is 1.35 bits per heavy atom. The summed E-state index contributed by atoms with van der Waals surface area (Å²) in [5.74, 6) is 0.622. The van der Waals surface area contributed by atoms with E-state index in [-0.39, 0.29) is 11.9 Å². The highest BCUT2D eigenvalue weighted by Crippen LogP contribution is 2.39. The molecular weight excluding hydrogens is 318 g/mol. The number of halogens is 1. The number of nitrogens with zero attached hydrogens (tertiary/aromatic N) is 2. The van der Waals surface area contributed by atoms with E-state index in [1.807, 2.05) is 12.1 Å². The number of benzene rings is 1. The first kappa shape index (κ1) is 14.8. The first-order valence-electron chi connectivity index (χ1n) is 7.85. The number of hydrogen-bond donors (Lipinski definition) is 1. The van der Waals surface area contributed by atoms with Crippen molar-refractivity contribution in [3.63, 3.8) is 0 Å². The maximum absolute atomic E-state index is 12.2. The molecule has 2 heterocycles. The summed E-state index contributed by atoms with van der Waals surface area (Å²) < 4.78 is 0. The number of urea groups is 1. The van der Waals surface area contributed by atoms with Crippen LogP contribution in [0.5, 0.6) is 0 Å². The number of amides is 3. The second-order valence-electron chi connectivity index (χ2n) is 6.62. The van der Waals surface area contributed by atoms with E-state index in [2.05, 4.69) is 5.32 Å². The normalized spacial score (nSPS) is 22.4. The number of para-hydroxylation sites is 1. The fourth-order valence-corrected chi connectivity index (χ4v) is 3.26. The monoisotopic (exact) mass is 335 g/mol. The molecular formula is C16H18ClN3O3. The van der Waals surface area contributed by atoms with Crippen molar-refractivity contribution < 1.29 is 14.4 Å². The van der Waals surface area contributed by atoms with Gasteiger partial charge in [0.15, 0.2) is 0 Å². The van der Waals surface area contributed by atoms with Crippen LogP contribution >= 0.6 is 11.6 Å². The van der Waals surface area contributed by atoms with Crippen LogP contribution in [0.4, 0.5) is 10.5 Å². The molecule has 0 atom stereocenters. The standard InChI is InChI=1S/C16H18ClN3O3/c17-12-3-1-2-4-13(12)18-15(22)19-9-16(10-19)7-14(21)20(23-16)8-11-5-6-11/h1-4,11H,5-10H2,(H,18,22). The zero-order valence-electron chi connectivity index (χ0n) is 12.6. The lowest BCUT2D eigenvalue weighted by atomic mass is 9.91. The minimum Gasteiger partial charge on any atom is -0.318 e. The van der Waals surface area contributed by atoms with E-state index in [1.54, 1.807) is 17.0 Å². The molecule has 2 aliphatic heterocycles. The molecule has 1 aliphatic carbocycles. The molecule has 3 amide bonds. The third-order valence-electron chi connectivity index (χ3n) is 4.54. The topological polar surface area (TPSA) is 61.9 Å². The van der Waals surface area contributed by atoms with Crippen molar-refractivity contribution in [2.45, 2.75) is 24.9 Å². The second kappa shape index (κ2) is 5.39. The molecule has 23 heavy (non-hydrogen) atoms. The molecule has 1 spiro atoms. The Morgan fingerprint density at radius 2 is 2.09 bits per heavy atom. The van der Waals surface area contributed by atoms with Crippen LogP contribution in [0.25, 0.3) is 0 Å². The summed E-state index contributed by atoms with van der Waals surface area (Å²) >= 11 is 6.04. The molecule has 7 heteroatoms. The molecule has 2 saturated heterocycles. The Bertz CT molecular complexity index is 656. The highest BCUT2D eigenvalue weighted by Gasteiger charge is 2.55. The quantitative estimate of drug-likeness (QED) is 0.923. The van der Waals surface area contributed by atoms with Crippen LogP contribution in [0.3, 0.4) is 0 Å². The van der Waals surface area contributed by atoms with Crippen LogP contribution in [0, 0.1) is 5.92 Å². The summed E-state index contributed by atoms with van der Waals surface area (Å²) in [5, 5.41) is 4.78. The van der Waals surface area contributed by atoms with Crippen molar-refractivity contribution in [3.8, 4) is 0 Å². The van der Waals surface area contributed by atoms with Crippen LogP contribution in [0.15, 0.2) is 24.3 Å². The van der Waals surface area contributed by atoms with Gasteiger partial charge in [-0.15, -0.1) is 0 Å². The maximum Gasteiger partial charge on any atom is 0.322 e. The Balaban J connectivity index is 1.33. The summed E-state index contributed by atoms with van der Waals surface area (Å²) in [5.41, 5.74) is 0.0583. The zero-order chi connectivity index (χ0) is 16.0. The van der Waals surface area contributed by atoms with Gasteiger partial charge in [0.2, 0.25) is 5.91 Å². The second-order valence-corrected chi connectivity index (χ2v) is 7.02. The molecule has 3 aliphatic rings. The van der Waals surface area contributed by atoms with Crippen LogP contribution in [0.2, 0.25) is 5.02 Å². The molecule has 1 saturated carbocycles. The van der Waals surface area contributed by atoms with Gasteiger partial charge < -0.3 is 10.2 Å². The fraction of sp³-hybridized carbons (Fsp3) is 0.500. The summed E-state index contributed by atoms with van der Waals surface area (Å²) in [7, 11) is 0. The van der Waals surface area contributed by atoms with Gasteiger partial charge in [-0.2, -0.15) is 0 Å². The van der Waals surface area contributed by atoms with Crippen LogP contribution in [0.1, 0.15) is 19.3 Å². The fourth-order valence-electron chi connectivity index (χ4n) is 3.07. The maximum atomic E-state index is 12.2. The minimum atomic E-state index is -0.524. The molecule has 4 rings (SSSR count). The van der Waals surface area contributed by atoms with Crippen molar-refractivity contribution in [2.75, 3.05) is 25.0 Å². The number of nitrogens with one attached hydrogen (secondary N) is 1. The average molecular weight is 336 g/mol. The number of carbonyl (C=O) groups excluding carboxylic acids is 2. The summed E-state index contributed by atoms with van der Waals surface area (Å²) in [6, 6.07) is 6.88. The Hall–Kier alpha value is -1.79. The van der Waals surface area contributed by atoms with E-state index >= 15 is 0 Å². The predicted molar refractivity (Wildman–Crippen MR) is 84.9 cm³/mol. The number of carbonyl (C=O) groups is 2. The van der Waals surface area contributed by atoms with Gasteiger partial charge in [0, 0.05) is 0 Å². The molecule has 0 radical (unpaired) electrons. The third kappa shape index (κ3) is 2.88. The van der Waals surface area contributed by atoms with Gasteiger partial charge in [-0.25, -0.2) is 9.86 Å². The largest absolute Gasteiger partial charge is 0.322 e. The van der Waals surface area contributed by atoms with Crippen molar-refractivity contribution in [1.29, 1.82) is 0 Å². The van der Waals surface area contributed by atoms with Gasteiger partial charge in [0.05, 0.1) is 36.8 Å². The van der Waals surface area contributed by atoms with Crippen LogP contribution < -0.4 is 5.32 Å². The van der Waals surface area contributed by atoms with Gasteiger partial charge in [-0.1, -0.05) is 23.7 Å². The number of hydroxylamine groups is 2. The highest BCUT2D eigenvalue weighted by atomic mass is 35.5. The molecule has 6 nitrogen and oxygen atoms in total. The summed E-state index contributed by atoms with van der Waals surface area (Å²) in [4.78, 5) is 31.7. The molecule has 0 unspecified atom stereocenters. The Labute approximate surface area is 139 Å². The number of rotatable bonds is 3. The summed E-state index contributed by atoms with van der Waals surface area (Å²) in [6.45, 7) is 1.54. The van der Waals surface area contributed by atoms with Crippen molar-refractivity contribution in [1.82, 2.24) is 9.96 Å². The van der Waals surface area contributed by atoms with Crippen LogP contribution in [-0.4, -0.2) is 47.1 Å². The van der Waals surface area contributed by atoms with E-state index in [9.17, 15) is 9.59 Å². The van der Waals surface area contributed by atoms with Crippen molar-refractivity contribution in [2.24, 2.45) is 5.92 Å². The van der Waals surface area contributed by atoms with Gasteiger partial charge in [-0.05, 0) is 30.9 Å². The van der Waals surface area contributed by atoms with Gasteiger partial charge >= 0.3 is 6.03 Å². The third-order valence-corrected chi connectivity index (χ3v) is 4.87. The lowest BCUT2D eigenvalue weighted by Gasteiger charge is -2.45. The van der Waals surface area contributed by atoms with Gasteiger partial charge in [0.1, 0.15) is 5.60 Å². The van der Waals surface area contributed by atoms with Crippen LogP contribution in [-0.2, 0) is 9.63 Å².